The van der Waals surface area contributed by atoms with Crippen molar-refractivity contribution < 1.29 is 14.3 Å². The molecule has 1 saturated heterocycles. The van der Waals surface area contributed by atoms with E-state index in [0.717, 1.165) is 5.69 Å². The van der Waals surface area contributed by atoms with E-state index in [4.69, 9.17) is 16.3 Å². The standard InChI is InChI=1S/C20H26ClN5O3/c1-13-17(23-24-26(13)16-7-5-6-14(21)12-16)18(27)25-10-8-15(9-11-25)22-19(28)29-20(2,3)4/h5-7,12,15H,8-11H2,1-4H3,(H,22,28). The van der Waals surface area contributed by atoms with E-state index in [1.807, 2.05) is 39.8 Å². The lowest BCUT2D eigenvalue weighted by atomic mass is 10.0. The van der Waals surface area contributed by atoms with Crippen LogP contribution < -0.4 is 5.32 Å². The fourth-order valence-corrected chi connectivity index (χ4v) is 3.42. The van der Waals surface area contributed by atoms with Gasteiger partial charge in [0.2, 0.25) is 0 Å². The minimum Gasteiger partial charge on any atom is -0.444 e. The van der Waals surface area contributed by atoms with Crippen LogP contribution in [0.3, 0.4) is 0 Å². The van der Waals surface area contributed by atoms with Crippen LogP contribution in [-0.4, -0.2) is 56.6 Å². The molecule has 8 nitrogen and oxygen atoms in total. The maximum atomic E-state index is 12.9. The first-order valence-electron chi connectivity index (χ1n) is 9.61. The number of rotatable bonds is 3. The van der Waals surface area contributed by atoms with Gasteiger partial charge in [-0.1, -0.05) is 22.9 Å². The van der Waals surface area contributed by atoms with Crippen molar-refractivity contribution in [3.8, 4) is 5.69 Å². The van der Waals surface area contributed by atoms with Gasteiger partial charge in [0.15, 0.2) is 5.69 Å². The van der Waals surface area contributed by atoms with Crippen LogP contribution in [0.1, 0.15) is 49.8 Å². The zero-order valence-electron chi connectivity index (χ0n) is 17.1. The Hall–Kier alpha value is -2.61. The number of alkyl carbamates (subject to hydrolysis) is 1. The monoisotopic (exact) mass is 419 g/mol. The maximum absolute atomic E-state index is 12.9. The molecule has 0 unspecified atom stereocenters. The zero-order chi connectivity index (χ0) is 21.2. The quantitative estimate of drug-likeness (QED) is 0.823. The van der Waals surface area contributed by atoms with Crippen LogP contribution in [0.5, 0.6) is 0 Å². The number of piperidine rings is 1. The molecule has 0 bridgehead atoms. The average Bonchev–Trinajstić information content (AvgIpc) is 3.01. The Labute approximate surface area is 175 Å². The van der Waals surface area contributed by atoms with Crippen molar-refractivity contribution in [3.63, 3.8) is 0 Å². The number of nitrogens with one attached hydrogen (secondary N) is 1. The van der Waals surface area contributed by atoms with Gasteiger partial charge in [0.25, 0.3) is 5.91 Å². The molecule has 1 aliphatic rings. The summed E-state index contributed by atoms with van der Waals surface area (Å²) in [5.74, 6) is -0.161. The summed E-state index contributed by atoms with van der Waals surface area (Å²) in [5, 5.41) is 11.7. The molecule has 1 fully saturated rings. The van der Waals surface area contributed by atoms with E-state index >= 15 is 0 Å². The Kier molecular flexibility index (Phi) is 6.12. The molecular formula is C20H26ClN5O3. The van der Waals surface area contributed by atoms with Gasteiger partial charge in [-0.15, -0.1) is 5.10 Å². The molecular weight excluding hydrogens is 394 g/mol. The van der Waals surface area contributed by atoms with Crippen molar-refractivity contribution >= 4 is 23.6 Å². The summed E-state index contributed by atoms with van der Waals surface area (Å²) >= 11 is 6.05. The number of amides is 2. The number of carbonyl (C=O) groups excluding carboxylic acids is 2. The van der Waals surface area contributed by atoms with E-state index in [0.29, 0.717) is 42.3 Å². The summed E-state index contributed by atoms with van der Waals surface area (Å²) in [4.78, 5) is 26.6. The van der Waals surface area contributed by atoms with Crippen LogP contribution in [0.15, 0.2) is 24.3 Å². The second-order valence-corrected chi connectivity index (χ2v) is 8.56. The fourth-order valence-electron chi connectivity index (χ4n) is 3.23. The van der Waals surface area contributed by atoms with Crippen LogP contribution in [0.2, 0.25) is 5.02 Å². The average molecular weight is 420 g/mol. The third kappa shape index (κ3) is 5.26. The Bertz CT molecular complexity index is 898. The van der Waals surface area contributed by atoms with E-state index < -0.39 is 11.7 Å². The third-order valence-electron chi connectivity index (χ3n) is 4.65. The van der Waals surface area contributed by atoms with Crippen molar-refractivity contribution in [1.29, 1.82) is 0 Å². The summed E-state index contributed by atoms with van der Waals surface area (Å²) in [7, 11) is 0. The highest BCUT2D eigenvalue weighted by molar-refractivity contribution is 6.30. The van der Waals surface area contributed by atoms with E-state index in [1.54, 1.807) is 21.7 Å². The first kappa shape index (κ1) is 21.1. The number of nitrogens with zero attached hydrogens (tertiary/aromatic N) is 4. The lowest BCUT2D eigenvalue weighted by Crippen LogP contribution is -2.47. The normalized spacial score (nSPS) is 15.3. The van der Waals surface area contributed by atoms with Crippen molar-refractivity contribution in [2.24, 2.45) is 0 Å². The molecule has 156 valence electrons. The number of benzene rings is 1. The van der Waals surface area contributed by atoms with Gasteiger partial charge in [0, 0.05) is 24.2 Å². The Morgan fingerprint density at radius 2 is 1.93 bits per heavy atom. The number of likely N-dealkylation sites (tertiary alicyclic amines) is 1. The highest BCUT2D eigenvalue weighted by Gasteiger charge is 2.29. The van der Waals surface area contributed by atoms with Gasteiger partial charge in [-0.25, -0.2) is 9.48 Å². The van der Waals surface area contributed by atoms with E-state index in [2.05, 4.69) is 15.6 Å². The highest BCUT2D eigenvalue weighted by atomic mass is 35.5. The second kappa shape index (κ2) is 8.41. The summed E-state index contributed by atoms with van der Waals surface area (Å²) in [6.07, 6.45) is 0.890. The molecule has 1 aromatic carbocycles. The molecule has 0 aliphatic carbocycles. The van der Waals surface area contributed by atoms with Crippen molar-refractivity contribution in [2.45, 2.75) is 52.2 Å². The number of hydrogen-bond donors (Lipinski definition) is 1. The number of ether oxygens (including phenoxy) is 1. The SMILES string of the molecule is Cc1c(C(=O)N2CCC(NC(=O)OC(C)(C)C)CC2)nnn1-c1cccc(Cl)c1. The minimum atomic E-state index is -0.535. The molecule has 29 heavy (non-hydrogen) atoms. The van der Waals surface area contributed by atoms with Gasteiger partial charge in [-0.2, -0.15) is 0 Å². The first-order chi connectivity index (χ1) is 13.6. The smallest absolute Gasteiger partial charge is 0.407 e. The lowest BCUT2D eigenvalue weighted by molar-refractivity contribution is 0.0473. The maximum Gasteiger partial charge on any atom is 0.407 e. The Morgan fingerprint density at radius 3 is 2.55 bits per heavy atom. The lowest BCUT2D eigenvalue weighted by Gasteiger charge is -2.32. The van der Waals surface area contributed by atoms with Crippen LogP contribution >= 0.6 is 11.6 Å². The van der Waals surface area contributed by atoms with Crippen molar-refractivity contribution in [3.05, 3.63) is 40.7 Å². The van der Waals surface area contributed by atoms with Crippen molar-refractivity contribution in [1.82, 2.24) is 25.2 Å². The second-order valence-electron chi connectivity index (χ2n) is 8.13. The molecule has 0 radical (unpaired) electrons. The highest BCUT2D eigenvalue weighted by Crippen LogP contribution is 2.19. The topological polar surface area (TPSA) is 89.3 Å². The number of halogens is 1. The minimum absolute atomic E-state index is 0.0165. The summed E-state index contributed by atoms with van der Waals surface area (Å²) in [6.45, 7) is 8.35. The molecule has 3 rings (SSSR count). The molecule has 2 aromatic rings. The largest absolute Gasteiger partial charge is 0.444 e. The van der Waals surface area contributed by atoms with Crippen LogP contribution in [0.4, 0.5) is 4.79 Å². The van der Waals surface area contributed by atoms with Crippen molar-refractivity contribution in [2.75, 3.05) is 13.1 Å². The first-order valence-corrected chi connectivity index (χ1v) is 9.99. The van der Waals surface area contributed by atoms with Gasteiger partial charge in [0.05, 0.1) is 11.4 Å². The predicted octanol–water partition coefficient (Wildman–Crippen LogP) is 3.36. The number of aromatic nitrogens is 3. The van der Waals surface area contributed by atoms with Gasteiger partial charge < -0.3 is 15.0 Å². The molecule has 0 saturated carbocycles. The molecule has 0 spiro atoms. The Balaban J connectivity index is 1.61. The van der Waals surface area contributed by atoms with Gasteiger partial charge in [-0.3, -0.25) is 4.79 Å². The molecule has 2 amide bonds. The molecule has 2 heterocycles. The molecule has 1 N–H and O–H groups in total. The molecule has 1 aliphatic heterocycles. The van der Waals surface area contributed by atoms with Crippen LogP contribution in [-0.2, 0) is 4.74 Å². The van der Waals surface area contributed by atoms with Gasteiger partial charge in [0.1, 0.15) is 5.60 Å². The van der Waals surface area contributed by atoms with E-state index in [9.17, 15) is 9.59 Å². The van der Waals surface area contributed by atoms with Crippen LogP contribution in [0, 0.1) is 6.92 Å². The van der Waals surface area contributed by atoms with Crippen LogP contribution in [0.25, 0.3) is 5.69 Å². The zero-order valence-corrected chi connectivity index (χ0v) is 17.9. The molecule has 0 atom stereocenters. The summed E-state index contributed by atoms with van der Waals surface area (Å²) in [6, 6.07) is 7.21. The fraction of sp³-hybridized carbons (Fsp3) is 0.500. The third-order valence-corrected chi connectivity index (χ3v) is 4.89. The van der Waals surface area contributed by atoms with Gasteiger partial charge >= 0.3 is 6.09 Å². The van der Waals surface area contributed by atoms with E-state index in [1.165, 1.54) is 0 Å². The number of carbonyl (C=O) groups is 2. The van der Waals surface area contributed by atoms with Gasteiger partial charge in [-0.05, 0) is 58.7 Å². The molecule has 9 heteroatoms. The van der Waals surface area contributed by atoms with E-state index in [-0.39, 0.29) is 11.9 Å². The molecule has 1 aromatic heterocycles. The summed E-state index contributed by atoms with van der Waals surface area (Å²) in [5.41, 5.74) is 1.20. The predicted molar refractivity (Wildman–Crippen MR) is 109 cm³/mol. The summed E-state index contributed by atoms with van der Waals surface area (Å²) < 4.78 is 6.90. The number of hydrogen-bond acceptors (Lipinski definition) is 5. The Morgan fingerprint density at radius 1 is 1.24 bits per heavy atom.